The van der Waals surface area contributed by atoms with Crippen molar-refractivity contribution in [1.82, 2.24) is 5.32 Å². The summed E-state index contributed by atoms with van der Waals surface area (Å²) >= 11 is 0. The number of carbonyl (C=O) groups excluding carboxylic acids is 1. The standard InChI is InChI=1S/C14H27NO7/c1-6-4-10(13(20)14(21)11(6)18)22-5-9(15-8(3)17)12(19)7(2)16/h6-7,9-14,16,18-21H,4-5H2,1-3H3,(H,15,17). The third-order valence-electron chi connectivity index (χ3n) is 4.05. The van der Waals surface area contributed by atoms with Gasteiger partial charge in [0.15, 0.2) is 0 Å². The van der Waals surface area contributed by atoms with Gasteiger partial charge in [0.05, 0.1) is 31.0 Å². The van der Waals surface area contributed by atoms with Crippen LogP contribution in [0.2, 0.25) is 0 Å². The van der Waals surface area contributed by atoms with Gasteiger partial charge in [-0.25, -0.2) is 0 Å². The normalized spacial score (nSPS) is 36.5. The molecule has 22 heavy (non-hydrogen) atoms. The minimum atomic E-state index is -1.31. The van der Waals surface area contributed by atoms with Crippen molar-refractivity contribution < 1.29 is 35.1 Å². The van der Waals surface area contributed by atoms with E-state index in [0.717, 1.165) is 0 Å². The second-order valence-corrected chi connectivity index (χ2v) is 6.09. The summed E-state index contributed by atoms with van der Waals surface area (Å²) in [5.41, 5.74) is 0. The summed E-state index contributed by atoms with van der Waals surface area (Å²) in [6, 6.07) is -0.844. The molecule has 1 aliphatic rings. The van der Waals surface area contributed by atoms with Crippen molar-refractivity contribution in [2.24, 2.45) is 5.92 Å². The molecule has 0 aliphatic heterocycles. The molecule has 0 radical (unpaired) electrons. The van der Waals surface area contributed by atoms with Crippen LogP contribution in [-0.2, 0) is 9.53 Å². The van der Waals surface area contributed by atoms with Gasteiger partial charge in [0.1, 0.15) is 18.3 Å². The molecule has 1 saturated carbocycles. The Morgan fingerprint density at radius 1 is 1.23 bits per heavy atom. The van der Waals surface area contributed by atoms with E-state index in [1.54, 1.807) is 6.92 Å². The number of aliphatic hydroxyl groups is 5. The van der Waals surface area contributed by atoms with E-state index in [9.17, 15) is 30.3 Å². The first-order valence-corrected chi connectivity index (χ1v) is 7.44. The van der Waals surface area contributed by atoms with Crippen LogP contribution in [0.3, 0.4) is 0 Å². The number of amides is 1. The fourth-order valence-corrected chi connectivity index (χ4v) is 2.62. The molecule has 0 aromatic rings. The summed E-state index contributed by atoms with van der Waals surface area (Å²) in [6.45, 7) is 4.26. The van der Waals surface area contributed by atoms with Crippen molar-refractivity contribution >= 4 is 5.91 Å². The molecule has 8 heteroatoms. The molecule has 0 bridgehead atoms. The van der Waals surface area contributed by atoms with E-state index in [-0.39, 0.29) is 18.4 Å². The zero-order valence-electron chi connectivity index (χ0n) is 13.1. The van der Waals surface area contributed by atoms with Crippen LogP contribution in [0.15, 0.2) is 0 Å². The van der Waals surface area contributed by atoms with E-state index in [1.165, 1.54) is 13.8 Å². The first-order chi connectivity index (χ1) is 10.1. The maximum absolute atomic E-state index is 11.2. The Hall–Kier alpha value is -0.770. The average molecular weight is 321 g/mol. The minimum Gasteiger partial charge on any atom is -0.391 e. The number of nitrogens with one attached hydrogen (secondary N) is 1. The monoisotopic (exact) mass is 321 g/mol. The summed E-state index contributed by atoms with van der Waals surface area (Å²) < 4.78 is 5.51. The van der Waals surface area contributed by atoms with E-state index in [4.69, 9.17) is 4.74 Å². The Balaban J connectivity index is 2.65. The quantitative estimate of drug-likeness (QED) is 0.324. The summed E-state index contributed by atoms with van der Waals surface area (Å²) in [7, 11) is 0. The van der Waals surface area contributed by atoms with Crippen LogP contribution in [0.5, 0.6) is 0 Å². The van der Waals surface area contributed by atoms with E-state index >= 15 is 0 Å². The molecule has 8 atom stereocenters. The molecule has 130 valence electrons. The Morgan fingerprint density at radius 3 is 2.32 bits per heavy atom. The number of carbonyl (C=O) groups is 1. The van der Waals surface area contributed by atoms with Crippen molar-refractivity contribution in [3.63, 3.8) is 0 Å². The van der Waals surface area contributed by atoms with Gasteiger partial charge in [0.25, 0.3) is 0 Å². The zero-order valence-corrected chi connectivity index (χ0v) is 13.1. The molecule has 0 heterocycles. The van der Waals surface area contributed by atoms with E-state index < -0.39 is 42.7 Å². The molecule has 1 amide bonds. The first-order valence-electron chi connectivity index (χ1n) is 7.44. The highest BCUT2D eigenvalue weighted by Gasteiger charge is 2.41. The van der Waals surface area contributed by atoms with Crippen molar-refractivity contribution in [3.05, 3.63) is 0 Å². The van der Waals surface area contributed by atoms with Gasteiger partial charge in [-0.2, -0.15) is 0 Å². The van der Waals surface area contributed by atoms with Gasteiger partial charge in [-0.15, -0.1) is 0 Å². The highest BCUT2D eigenvalue weighted by molar-refractivity contribution is 5.73. The lowest BCUT2D eigenvalue weighted by Crippen LogP contribution is -2.55. The lowest BCUT2D eigenvalue weighted by molar-refractivity contribution is -0.175. The van der Waals surface area contributed by atoms with Gasteiger partial charge >= 0.3 is 0 Å². The summed E-state index contributed by atoms with van der Waals surface area (Å²) in [5.74, 6) is -0.648. The average Bonchev–Trinajstić information content (AvgIpc) is 2.44. The second-order valence-electron chi connectivity index (χ2n) is 6.09. The van der Waals surface area contributed by atoms with E-state index in [1.807, 2.05) is 0 Å². The van der Waals surface area contributed by atoms with Gasteiger partial charge in [0, 0.05) is 6.92 Å². The van der Waals surface area contributed by atoms with Crippen molar-refractivity contribution in [1.29, 1.82) is 0 Å². The van der Waals surface area contributed by atoms with Crippen molar-refractivity contribution in [2.45, 2.75) is 69.9 Å². The fourth-order valence-electron chi connectivity index (χ4n) is 2.62. The number of hydrogen-bond donors (Lipinski definition) is 6. The SMILES string of the molecule is CC(=O)NC(COC1CC(C)C(O)C(O)C1O)C(O)C(C)O. The van der Waals surface area contributed by atoms with Crippen LogP contribution in [-0.4, -0.2) is 80.7 Å². The minimum absolute atomic E-state index is 0.136. The highest BCUT2D eigenvalue weighted by Crippen LogP contribution is 2.27. The van der Waals surface area contributed by atoms with Gasteiger partial charge in [-0.05, 0) is 19.3 Å². The maximum Gasteiger partial charge on any atom is 0.217 e. The summed E-state index contributed by atoms with van der Waals surface area (Å²) in [5, 5.41) is 51.2. The van der Waals surface area contributed by atoms with Crippen LogP contribution < -0.4 is 5.32 Å². The summed E-state index contributed by atoms with van der Waals surface area (Å²) in [4.78, 5) is 11.2. The second kappa shape index (κ2) is 8.19. The Bertz CT molecular complexity index is 365. The molecule has 1 aliphatic carbocycles. The fraction of sp³-hybridized carbons (Fsp3) is 0.929. The predicted octanol–water partition coefficient (Wildman–Crippen LogP) is -2.26. The van der Waals surface area contributed by atoms with Gasteiger partial charge in [0.2, 0.25) is 5.91 Å². The first kappa shape index (κ1) is 19.3. The third-order valence-corrected chi connectivity index (χ3v) is 4.05. The van der Waals surface area contributed by atoms with Gasteiger partial charge in [-0.1, -0.05) is 6.92 Å². The maximum atomic E-state index is 11.2. The summed E-state index contributed by atoms with van der Waals surface area (Å²) in [6.07, 6.45) is -6.28. The molecule has 8 unspecified atom stereocenters. The van der Waals surface area contributed by atoms with Crippen LogP contribution >= 0.6 is 0 Å². The van der Waals surface area contributed by atoms with Gasteiger partial charge < -0.3 is 35.6 Å². The van der Waals surface area contributed by atoms with Crippen LogP contribution in [0.1, 0.15) is 27.2 Å². The molecule has 1 fully saturated rings. The number of hydrogen-bond acceptors (Lipinski definition) is 7. The highest BCUT2D eigenvalue weighted by atomic mass is 16.5. The topological polar surface area (TPSA) is 139 Å². The third kappa shape index (κ3) is 4.87. The Morgan fingerprint density at radius 2 is 1.82 bits per heavy atom. The molecule has 0 saturated heterocycles. The van der Waals surface area contributed by atoms with Crippen molar-refractivity contribution in [2.75, 3.05) is 6.61 Å². The number of aliphatic hydroxyl groups excluding tert-OH is 5. The van der Waals surface area contributed by atoms with Crippen LogP contribution in [0.4, 0.5) is 0 Å². The van der Waals surface area contributed by atoms with Crippen LogP contribution in [0.25, 0.3) is 0 Å². The molecule has 0 spiro atoms. The molecular weight excluding hydrogens is 294 g/mol. The predicted molar refractivity (Wildman–Crippen MR) is 76.8 cm³/mol. The smallest absolute Gasteiger partial charge is 0.217 e. The molecule has 0 aromatic heterocycles. The number of rotatable bonds is 6. The molecular formula is C14H27NO7. The van der Waals surface area contributed by atoms with E-state index in [2.05, 4.69) is 5.32 Å². The zero-order chi connectivity index (χ0) is 17.0. The molecule has 8 nitrogen and oxygen atoms in total. The number of ether oxygens (including phenoxy) is 1. The Labute approximate surface area is 129 Å². The molecule has 6 N–H and O–H groups in total. The van der Waals surface area contributed by atoms with Crippen molar-refractivity contribution in [3.8, 4) is 0 Å². The molecule has 0 aromatic carbocycles. The van der Waals surface area contributed by atoms with Crippen LogP contribution in [0, 0.1) is 5.92 Å². The lowest BCUT2D eigenvalue weighted by atomic mass is 9.82. The largest absolute Gasteiger partial charge is 0.391 e. The Kier molecular flexibility index (Phi) is 7.17. The lowest BCUT2D eigenvalue weighted by Gasteiger charge is -2.39. The van der Waals surface area contributed by atoms with E-state index in [0.29, 0.717) is 6.42 Å². The molecule has 1 rings (SSSR count). The van der Waals surface area contributed by atoms with Gasteiger partial charge in [-0.3, -0.25) is 4.79 Å².